The number of carboxylic acids is 1. The van der Waals surface area contributed by atoms with Gasteiger partial charge in [0.1, 0.15) is 5.56 Å². The van der Waals surface area contributed by atoms with Crippen molar-refractivity contribution in [2.75, 3.05) is 6.61 Å². The smallest absolute Gasteiger partial charge is 0.341 e. The van der Waals surface area contributed by atoms with Crippen molar-refractivity contribution in [3.8, 4) is 0 Å². The van der Waals surface area contributed by atoms with E-state index in [0.29, 0.717) is 0 Å². The fourth-order valence-electron chi connectivity index (χ4n) is 0.984. The number of carbonyl (C=O) groups is 2. The number of nitrogens with one attached hydrogen (secondary N) is 1. The third kappa shape index (κ3) is 2.32. The van der Waals surface area contributed by atoms with E-state index in [9.17, 15) is 9.59 Å². The van der Waals surface area contributed by atoms with Crippen molar-refractivity contribution in [1.82, 2.24) is 10.2 Å². The Bertz CT molecular complexity index is 345. The second-order valence-corrected chi connectivity index (χ2v) is 2.55. The SMILES string of the molecule is CCOC(=O)c1cn[nH]c1CC(=O)O. The van der Waals surface area contributed by atoms with Crippen LogP contribution in [0.15, 0.2) is 6.20 Å². The molecule has 0 bridgehead atoms. The molecule has 0 atom stereocenters. The minimum atomic E-state index is -1.03. The molecule has 0 aliphatic carbocycles. The van der Waals surface area contributed by atoms with Crippen molar-refractivity contribution in [3.05, 3.63) is 17.5 Å². The van der Waals surface area contributed by atoms with Gasteiger partial charge in [0.05, 0.1) is 24.9 Å². The Labute approximate surface area is 79.9 Å². The summed E-state index contributed by atoms with van der Waals surface area (Å²) in [5, 5.41) is 14.6. The first-order chi connectivity index (χ1) is 6.65. The lowest BCUT2D eigenvalue weighted by Gasteiger charge is -2.00. The number of aromatic amines is 1. The van der Waals surface area contributed by atoms with Crippen LogP contribution in [0.1, 0.15) is 23.0 Å². The highest BCUT2D eigenvalue weighted by Gasteiger charge is 2.16. The Morgan fingerprint density at radius 3 is 2.93 bits per heavy atom. The van der Waals surface area contributed by atoms with E-state index in [-0.39, 0.29) is 24.3 Å². The van der Waals surface area contributed by atoms with Crippen molar-refractivity contribution in [2.24, 2.45) is 0 Å². The number of rotatable bonds is 4. The standard InChI is InChI=1S/C8H10N2O4/c1-2-14-8(13)5-4-9-10-6(5)3-7(11)12/h4H,2-3H2,1H3,(H,9,10)(H,11,12). The van der Waals surface area contributed by atoms with Crippen molar-refractivity contribution < 1.29 is 19.4 Å². The Balaban J connectivity index is 2.81. The normalized spacial score (nSPS) is 9.79. The van der Waals surface area contributed by atoms with Gasteiger partial charge < -0.3 is 9.84 Å². The molecule has 6 nitrogen and oxygen atoms in total. The topological polar surface area (TPSA) is 92.3 Å². The Morgan fingerprint density at radius 2 is 2.36 bits per heavy atom. The molecule has 1 aromatic rings. The van der Waals surface area contributed by atoms with E-state index in [0.717, 1.165) is 0 Å². The van der Waals surface area contributed by atoms with Gasteiger partial charge in [0.2, 0.25) is 0 Å². The Morgan fingerprint density at radius 1 is 1.64 bits per heavy atom. The molecule has 2 N–H and O–H groups in total. The molecule has 0 fully saturated rings. The summed E-state index contributed by atoms with van der Waals surface area (Å²) in [6.07, 6.45) is 0.990. The minimum Gasteiger partial charge on any atom is -0.481 e. The molecule has 0 amide bonds. The molecule has 1 aromatic heterocycles. The maximum atomic E-state index is 11.2. The number of carboxylic acid groups (broad SMARTS) is 1. The number of hydrogen-bond acceptors (Lipinski definition) is 4. The number of aromatic nitrogens is 2. The van der Waals surface area contributed by atoms with E-state index < -0.39 is 11.9 Å². The van der Waals surface area contributed by atoms with Gasteiger partial charge in [-0.2, -0.15) is 5.10 Å². The van der Waals surface area contributed by atoms with Gasteiger partial charge in [0, 0.05) is 0 Å². The van der Waals surface area contributed by atoms with Crippen molar-refractivity contribution in [3.63, 3.8) is 0 Å². The van der Waals surface area contributed by atoms with E-state index >= 15 is 0 Å². The zero-order valence-corrected chi connectivity index (χ0v) is 7.61. The van der Waals surface area contributed by atoms with Gasteiger partial charge in [-0.05, 0) is 6.92 Å². The van der Waals surface area contributed by atoms with Crippen molar-refractivity contribution >= 4 is 11.9 Å². The summed E-state index contributed by atoms with van der Waals surface area (Å²) in [7, 11) is 0. The van der Waals surface area contributed by atoms with Crippen LogP contribution in [-0.4, -0.2) is 33.8 Å². The highest BCUT2D eigenvalue weighted by Crippen LogP contribution is 2.07. The first-order valence-corrected chi connectivity index (χ1v) is 4.06. The zero-order chi connectivity index (χ0) is 10.6. The second kappa shape index (κ2) is 4.40. The molecular weight excluding hydrogens is 188 g/mol. The molecule has 0 aliphatic rings. The van der Waals surface area contributed by atoms with E-state index in [4.69, 9.17) is 9.84 Å². The quantitative estimate of drug-likeness (QED) is 0.675. The molecule has 0 unspecified atom stereocenters. The summed E-state index contributed by atoms with van der Waals surface area (Å²) in [5.41, 5.74) is 0.435. The molecule has 0 aliphatic heterocycles. The van der Waals surface area contributed by atoms with E-state index in [2.05, 4.69) is 10.2 Å². The predicted octanol–water partition coefficient (Wildman–Crippen LogP) is 0.213. The largest absolute Gasteiger partial charge is 0.481 e. The van der Waals surface area contributed by atoms with E-state index in [1.807, 2.05) is 0 Å². The molecule has 1 heterocycles. The number of carbonyl (C=O) groups excluding carboxylic acids is 1. The molecule has 14 heavy (non-hydrogen) atoms. The molecule has 0 saturated heterocycles. The molecular formula is C8H10N2O4. The van der Waals surface area contributed by atoms with Gasteiger partial charge in [-0.1, -0.05) is 0 Å². The van der Waals surface area contributed by atoms with Crippen LogP contribution in [0.5, 0.6) is 0 Å². The zero-order valence-electron chi connectivity index (χ0n) is 7.61. The first-order valence-electron chi connectivity index (χ1n) is 4.06. The lowest BCUT2D eigenvalue weighted by Crippen LogP contribution is -2.09. The summed E-state index contributed by atoms with van der Waals surface area (Å²) < 4.78 is 4.72. The molecule has 6 heteroatoms. The molecule has 0 radical (unpaired) electrons. The van der Waals surface area contributed by atoms with Gasteiger partial charge in [0.15, 0.2) is 0 Å². The van der Waals surface area contributed by atoms with E-state index in [1.165, 1.54) is 6.20 Å². The van der Waals surface area contributed by atoms with Crippen molar-refractivity contribution in [2.45, 2.75) is 13.3 Å². The number of ether oxygens (including phenoxy) is 1. The summed E-state index contributed by atoms with van der Waals surface area (Å²) in [6.45, 7) is 1.92. The van der Waals surface area contributed by atoms with Gasteiger partial charge in [-0.25, -0.2) is 4.79 Å². The number of hydrogen-bond donors (Lipinski definition) is 2. The van der Waals surface area contributed by atoms with Crippen LogP contribution >= 0.6 is 0 Å². The van der Waals surface area contributed by atoms with Gasteiger partial charge >= 0.3 is 11.9 Å². The maximum Gasteiger partial charge on any atom is 0.341 e. The lowest BCUT2D eigenvalue weighted by atomic mass is 10.2. The van der Waals surface area contributed by atoms with Crippen LogP contribution in [0.4, 0.5) is 0 Å². The van der Waals surface area contributed by atoms with Crippen LogP contribution in [0, 0.1) is 0 Å². The average molecular weight is 198 g/mol. The van der Waals surface area contributed by atoms with Crippen LogP contribution in [0.2, 0.25) is 0 Å². The number of H-pyrrole nitrogens is 1. The average Bonchev–Trinajstić information content (AvgIpc) is 2.51. The molecule has 1 rings (SSSR count). The summed E-state index contributed by atoms with van der Waals surface area (Å²) >= 11 is 0. The summed E-state index contributed by atoms with van der Waals surface area (Å²) in [5.74, 6) is -1.59. The van der Waals surface area contributed by atoms with Gasteiger partial charge in [-0.3, -0.25) is 9.89 Å². The monoisotopic (exact) mass is 198 g/mol. The minimum absolute atomic E-state index is 0.175. The van der Waals surface area contributed by atoms with Crippen LogP contribution < -0.4 is 0 Å². The summed E-state index contributed by atoms with van der Waals surface area (Å²) in [4.78, 5) is 21.6. The third-order valence-electron chi connectivity index (χ3n) is 1.54. The van der Waals surface area contributed by atoms with Crippen LogP contribution in [0.25, 0.3) is 0 Å². The van der Waals surface area contributed by atoms with Crippen LogP contribution in [0.3, 0.4) is 0 Å². The molecule has 0 aromatic carbocycles. The fourth-order valence-corrected chi connectivity index (χ4v) is 0.984. The van der Waals surface area contributed by atoms with E-state index in [1.54, 1.807) is 6.92 Å². The summed E-state index contributed by atoms with van der Waals surface area (Å²) in [6, 6.07) is 0. The Kier molecular flexibility index (Phi) is 3.22. The van der Waals surface area contributed by atoms with Crippen molar-refractivity contribution in [1.29, 1.82) is 0 Å². The first kappa shape index (κ1) is 10.2. The number of nitrogens with zero attached hydrogens (tertiary/aromatic N) is 1. The molecule has 76 valence electrons. The Hall–Kier alpha value is -1.85. The number of esters is 1. The highest BCUT2D eigenvalue weighted by atomic mass is 16.5. The third-order valence-corrected chi connectivity index (χ3v) is 1.54. The number of aliphatic carboxylic acids is 1. The predicted molar refractivity (Wildman–Crippen MR) is 45.9 cm³/mol. The molecule has 0 spiro atoms. The second-order valence-electron chi connectivity index (χ2n) is 2.55. The van der Waals surface area contributed by atoms with Crippen LogP contribution in [-0.2, 0) is 16.0 Å². The fraction of sp³-hybridized carbons (Fsp3) is 0.375. The maximum absolute atomic E-state index is 11.2. The molecule has 0 saturated carbocycles. The van der Waals surface area contributed by atoms with Gasteiger partial charge in [-0.15, -0.1) is 0 Å². The highest BCUT2D eigenvalue weighted by molar-refractivity contribution is 5.91. The van der Waals surface area contributed by atoms with Gasteiger partial charge in [0.25, 0.3) is 0 Å². The lowest BCUT2D eigenvalue weighted by molar-refractivity contribution is -0.136.